The van der Waals surface area contributed by atoms with Gasteiger partial charge in [0.25, 0.3) is 10.0 Å². The molecule has 3 rings (SSSR count). The molecule has 0 saturated carbocycles. The molecule has 37 heavy (non-hydrogen) atoms. The maximum absolute atomic E-state index is 13.7. The Balaban J connectivity index is 1.86. The molecule has 0 saturated heterocycles. The van der Waals surface area contributed by atoms with Crippen molar-refractivity contribution in [3.05, 3.63) is 72.3 Å². The Morgan fingerprint density at radius 1 is 0.811 bits per heavy atom. The average molecular weight is 529 g/mol. The van der Waals surface area contributed by atoms with Crippen LogP contribution in [-0.4, -0.2) is 48.3 Å². The van der Waals surface area contributed by atoms with Crippen LogP contribution in [0, 0.1) is 0 Å². The number of rotatable bonds is 13. The van der Waals surface area contributed by atoms with Crippen LogP contribution in [0.3, 0.4) is 0 Å². The number of amides is 1. The number of carbonyl (C=O) groups is 1. The van der Waals surface area contributed by atoms with Gasteiger partial charge in [-0.2, -0.15) is 0 Å². The van der Waals surface area contributed by atoms with Gasteiger partial charge in [-0.25, -0.2) is 8.42 Å². The van der Waals surface area contributed by atoms with E-state index in [4.69, 9.17) is 18.9 Å². The second-order valence-electron chi connectivity index (χ2n) is 7.81. The number of benzene rings is 3. The van der Waals surface area contributed by atoms with Crippen molar-refractivity contribution in [2.45, 2.75) is 25.3 Å². The summed E-state index contributed by atoms with van der Waals surface area (Å²) in [5, 5.41) is 2.79. The minimum absolute atomic E-state index is 0.0432. The minimum atomic E-state index is -4.15. The molecule has 3 aromatic carbocycles. The molecule has 0 bridgehead atoms. The summed E-state index contributed by atoms with van der Waals surface area (Å²) < 4.78 is 49.9. The Bertz CT molecular complexity index is 1280. The SMILES string of the molecule is CCOc1ccc(CNC(=O)CN(c2ccc(OCC)cc2)S(=O)(=O)c2ccc(OC)c(OC)c2)cc1. The third kappa shape index (κ3) is 7.07. The first-order chi connectivity index (χ1) is 17.8. The highest BCUT2D eigenvalue weighted by Gasteiger charge is 2.28. The normalized spacial score (nSPS) is 10.9. The molecule has 3 aromatic rings. The van der Waals surface area contributed by atoms with Gasteiger partial charge in [0.2, 0.25) is 5.91 Å². The van der Waals surface area contributed by atoms with Crippen LogP contribution in [0.25, 0.3) is 0 Å². The summed E-state index contributed by atoms with van der Waals surface area (Å²) in [6.07, 6.45) is 0. The lowest BCUT2D eigenvalue weighted by atomic mass is 10.2. The zero-order chi connectivity index (χ0) is 26.8. The molecule has 198 valence electrons. The van der Waals surface area contributed by atoms with E-state index in [1.54, 1.807) is 24.3 Å². The summed E-state index contributed by atoms with van der Waals surface area (Å²) in [6.45, 7) is 4.60. The van der Waals surface area contributed by atoms with Crippen LogP contribution in [0.15, 0.2) is 71.6 Å². The third-order valence-electron chi connectivity index (χ3n) is 5.39. The molecular formula is C27H32N2O7S. The fraction of sp³-hybridized carbons (Fsp3) is 0.296. The summed E-state index contributed by atoms with van der Waals surface area (Å²) in [5.41, 5.74) is 1.17. The fourth-order valence-electron chi connectivity index (χ4n) is 3.55. The molecule has 0 aliphatic heterocycles. The lowest BCUT2D eigenvalue weighted by molar-refractivity contribution is -0.119. The largest absolute Gasteiger partial charge is 0.494 e. The van der Waals surface area contributed by atoms with E-state index in [1.807, 2.05) is 38.1 Å². The molecule has 0 aromatic heterocycles. The molecule has 0 aliphatic carbocycles. The van der Waals surface area contributed by atoms with E-state index in [-0.39, 0.29) is 17.2 Å². The van der Waals surface area contributed by atoms with Crippen LogP contribution < -0.4 is 28.6 Å². The van der Waals surface area contributed by atoms with E-state index >= 15 is 0 Å². The number of nitrogens with zero attached hydrogens (tertiary/aromatic N) is 1. The van der Waals surface area contributed by atoms with Crippen LogP contribution in [0.5, 0.6) is 23.0 Å². The highest BCUT2D eigenvalue weighted by molar-refractivity contribution is 7.92. The van der Waals surface area contributed by atoms with Crippen LogP contribution in [0.1, 0.15) is 19.4 Å². The van der Waals surface area contributed by atoms with E-state index in [1.165, 1.54) is 32.4 Å². The number of hydrogen-bond donors (Lipinski definition) is 1. The van der Waals surface area contributed by atoms with Crippen molar-refractivity contribution in [2.24, 2.45) is 0 Å². The number of methoxy groups -OCH3 is 2. The van der Waals surface area contributed by atoms with Crippen molar-refractivity contribution < 1.29 is 32.2 Å². The standard InChI is InChI=1S/C27H32N2O7S/c1-5-35-22-11-7-20(8-12-22)18-28-27(30)19-29(21-9-13-23(14-10-21)36-6-2)37(31,32)24-15-16-25(33-3)26(17-24)34-4/h7-17H,5-6,18-19H2,1-4H3,(H,28,30). The lowest BCUT2D eigenvalue weighted by Gasteiger charge is -2.25. The maximum Gasteiger partial charge on any atom is 0.264 e. The minimum Gasteiger partial charge on any atom is -0.494 e. The zero-order valence-corrected chi connectivity index (χ0v) is 22.2. The van der Waals surface area contributed by atoms with Gasteiger partial charge in [0, 0.05) is 12.6 Å². The molecule has 10 heteroatoms. The van der Waals surface area contributed by atoms with Gasteiger partial charge in [0.1, 0.15) is 18.0 Å². The van der Waals surface area contributed by atoms with Crippen LogP contribution >= 0.6 is 0 Å². The van der Waals surface area contributed by atoms with Gasteiger partial charge in [0.05, 0.1) is 38.0 Å². The Morgan fingerprint density at radius 2 is 1.38 bits per heavy atom. The first-order valence-corrected chi connectivity index (χ1v) is 13.2. The van der Waals surface area contributed by atoms with Gasteiger partial charge in [-0.3, -0.25) is 9.10 Å². The van der Waals surface area contributed by atoms with Gasteiger partial charge in [-0.05, 0) is 67.9 Å². The molecule has 1 amide bonds. The molecule has 0 aliphatic rings. The van der Waals surface area contributed by atoms with E-state index in [0.717, 1.165) is 15.6 Å². The summed E-state index contributed by atoms with van der Waals surface area (Å²) in [5.74, 6) is 1.51. The first-order valence-electron chi connectivity index (χ1n) is 11.8. The smallest absolute Gasteiger partial charge is 0.264 e. The summed E-state index contributed by atoms with van der Waals surface area (Å²) >= 11 is 0. The summed E-state index contributed by atoms with van der Waals surface area (Å²) in [7, 11) is -1.26. The average Bonchev–Trinajstić information content (AvgIpc) is 2.91. The van der Waals surface area contributed by atoms with Crippen LogP contribution in [0.4, 0.5) is 5.69 Å². The molecule has 0 fully saturated rings. The molecule has 0 radical (unpaired) electrons. The third-order valence-corrected chi connectivity index (χ3v) is 7.16. The Kier molecular flexibility index (Phi) is 9.62. The van der Waals surface area contributed by atoms with Crippen LogP contribution in [0.2, 0.25) is 0 Å². The first kappa shape index (κ1) is 27.7. The quantitative estimate of drug-likeness (QED) is 0.358. The number of ether oxygens (including phenoxy) is 4. The van der Waals surface area contributed by atoms with Crippen molar-refractivity contribution in [3.8, 4) is 23.0 Å². The highest BCUT2D eigenvalue weighted by atomic mass is 32.2. The summed E-state index contributed by atoms with van der Waals surface area (Å²) in [4.78, 5) is 12.9. The molecular weight excluding hydrogens is 496 g/mol. The molecule has 0 spiro atoms. The van der Waals surface area contributed by atoms with Gasteiger partial charge >= 0.3 is 0 Å². The highest BCUT2D eigenvalue weighted by Crippen LogP contribution is 2.32. The summed E-state index contributed by atoms with van der Waals surface area (Å²) in [6, 6.07) is 18.1. The van der Waals surface area contributed by atoms with E-state index < -0.39 is 22.5 Å². The predicted octanol–water partition coefficient (Wildman–Crippen LogP) is 4.01. The molecule has 9 nitrogen and oxygen atoms in total. The van der Waals surface area contributed by atoms with E-state index in [9.17, 15) is 13.2 Å². The van der Waals surface area contributed by atoms with Gasteiger partial charge in [-0.1, -0.05) is 12.1 Å². The number of anilines is 1. The zero-order valence-electron chi connectivity index (χ0n) is 21.4. The van der Waals surface area contributed by atoms with Gasteiger partial charge in [-0.15, -0.1) is 0 Å². The van der Waals surface area contributed by atoms with Gasteiger partial charge in [0.15, 0.2) is 11.5 Å². The van der Waals surface area contributed by atoms with Gasteiger partial charge < -0.3 is 24.3 Å². The Labute approximate surface area is 218 Å². The second-order valence-corrected chi connectivity index (χ2v) is 9.67. The van der Waals surface area contributed by atoms with E-state index in [2.05, 4.69) is 5.32 Å². The number of sulfonamides is 1. The number of hydrogen-bond acceptors (Lipinski definition) is 7. The van der Waals surface area contributed by atoms with Crippen molar-refractivity contribution >= 4 is 21.6 Å². The Hall–Kier alpha value is -3.92. The molecule has 1 N–H and O–H groups in total. The predicted molar refractivity (Wildman–Crippen MR) is 141 cm³/mol. The molecule has 0 atom stereocenters. The number of carbonyl (C=O) groups excluding carboxylic acids is 1. The Morgan fingerprint density at radius 3 is 1.92 bits per heavy atom. The monoisotopic (exact) mass is 528 g/mol. The molecule has 0 unspecified atom stereocenters. The lowest BCUT2D eigenvalue weighted by Crippen LogP contribution is -2.40. The fourth-order valence-corrected chi connectivity index (χ4v) is 4.99. The van der Waals surface area contributed by atoms with Crippen molar-refractivity contribution in [1.29, 1.82) is 0 Å². The second kappa shape index (κ2) is 12.9. The topological polar surface area (TPSA) is 103 Å². The van der Waals surface area contributed by atoms with Crippen molar-refractivity contribution in [1.82, 2.24) is 5.32 Å². The van der Waals surface area contributed by atoms with Crippen molar-refractivity contribution in [3.63, 3.8) is 0 Å². The molecule has 0 heterocycles. The van der Waals surface area contributed by atoms with Crippen LogP contribution in [-0.2, 0) is 21.4 Å². The maximum atomic E-state index is 13.7. The number of nitrogens with one attached hydrogen (secondary N) is 1. The van der Waals surface area contributed by atoms with E-state index in [0.29, 0.717) is 30.4 Å². The van der Waals surface area contributed by atoms with Crippen molar-refractivity contribution in [2.75, 3.05) is 38.3 Å².